The van der Waals surface area contributed by atoms with Crippen molar-refractivity contribution in [2.45, 2.75) is 18.7 Å². The van der Waals surface area contributed by atoms with Crippen LogP contribution in [0.3, 0.4) is 0 Å². The Kier molecular flexibility index (Phi) is 6.46. The van der Waals surface area contributed by atoms with Crippen LogP contribution in [0.25, 0.3) is 0 Å². The predicted octanol–water partition coefficient (Wildman–Crippen LogP) is 2.13. The number of halogens is 1. The number of hydrogen-bond acceptors (Lipinski definition) is 4. The van der Waals surface area contributed by atoms with Gasteiger partial charge in [0.1, 0.15) is 0 Å². The van der Waals surface area contributed by atoms with E-state index in [1.165, 1.54) is 22.5 Å². The SMILES string of the molecule is CC(C)CN(CCN(C)C)S(=O)(=O)c1ccc(N)c(Cl)c1. The molecule has 0 amide bonds. The highest BCUT2D eigenvalue weighted by Crippen LogP contribution is 2.25. The minimum atomic E-state index is -3.56. The Morgan fingerprint density at radius 1 is 1.24 bits per heavy atom. The lowest BCUT2D eigenvalue weighted by atomic mass is 10.2. The van der Waals surface area contributed by atoms with Gasteiger partial charge in [-0.1, -0.05) is 25.4 Å². The quantitative estimate of drug-likeness (QED) is 0.776. The summed E-state index contributed by atoms with van der Waals surface area (Å²) < 4.78 is 27.0. The topological polar surface area (TPSA) is 66.6 Å². The molecule has 1 rings (SSSR count). The molecule has 0 aliphatic heterocycles. The van der Waals surface area contributed by atoms with Crippen molar-refractivity contribution in [2.75, 3.05) is 39.5 Å². The lowest BCUT2D eigenvalue weighted by Crippen LogP contribution is -2.38. The van der Waals surface area contributed by atoms with Crippen molar-refractivity contribution >= 4 is 27.3 Å². The summed E-state index contributed by atoms with van der Waals surface area (Å²) in [4.78, 5) is 2.14. The Morgan fingerprint density at radius 2 is 1.86 bits per heavy atom. The van der Waals surface area contributed by atoms with Crippen LogP contribution >= 0.6 is 11.6 Å². The standard InChI is InChI=1S/C14H24ClN3O2S/c1-11(2)10-18(8-7-17(3)4)21(19,20)12-5-6-14(16)13(15)9-12/h5-6,9,11H,7-8,10,16H2,1-4H3. The van der Waals surface area contributed by atoms with Gasteiger partial charge in [-0.25, -0.2) is 8.42 Å². The molecule has 0 unspecified atom stereocenters. The molecule has 1 aromatic rings. The number of sulfonamides is 1. The van der Waals surface area contributed by atoms with E-state index in [0.717, 1.165) is 0 Å². The zero-order chi connectivity index (χ0) is 16.2. The number of nitrogens with zero attached hydrogens (tertiary/aromatic N) is 2. The molecular weight excluding hydrogens is 310 g/mol. The Morgan fingerprint density at radius 3 is 2.33 bits per heavy atom. The third-order valence-electron chi connectivity index (χ3n) is 2.98. The first-order valence-corrected chi connectivity index (χ1v) is 8.66. The lowest BCUT2D eigenvalue weighted by molar-refractivity contribution is 0.312. The molecule has 0 aromatic heterocycles. The number of nitrogen functional groups attached to an aromatic ring is 1. The van der Waals surface area contributed by atoms with Crippen LogP contribution in [-0.4, -0.2) is 51.4 Å². The van der Waals surface area contributed by atoms with Crippen LogP contribution < -0.4 is 5.73 Å². The van der Waals surface area contributed by atoms with Gasteiger partial charge in [-0.3, -0.25) is 0 Å². The van der Waals surface area contributed by atoms with Gasteiger partial charge in [0.05, 0.1) is 15.6 Å². The summed E-state index contributed by atoms with van der Waals surface area (Å²) in [6.45, 7) is 5.56. The van der Waals surface area contributed by atoms with Crippen molar-refractivity contribution in [1.29, 1.82) is 0 Å². The molecule has 0 fully saturated rings. The summed E-state index contributed by atoms with van der Waals surface area (Å²) in [5, 5.41) is 0.258. The fourth-order valence-corrected chi connectivity index (χ4v) is 3.71. The Balaban J connectivity index is 3.09. The molecule has 21 heavy (non-hydrogen) atoms. The zero-order valence-corrected chi connectivity index (χ0v) is 14.6. The number of anilines is 1. The average molecular weight is 334 g/mol. The molecule has 1 aromatic carbocycles. The Bertz CT molecular complexity index is 574. The summed E-state index contributed by atoms with van der Waals surface area (Å²) in [6.07, 6.45) is 0. The molecule has 0 heterocycles. The van der Waals surface area contributed by atoms with Crippen molar-refractivity contribution < 1.29 is 8.42 Å². The number of rotatable bonds is 7. The Labute approximate surface area is 132 Å². The maximum atomic E-state index is 12.8. The third-order valence-corrected chi connectivity index (χ3v) is 5.16. The molecular formula is C14H24ClN3O2S. The minimum absolute atomic E-state index is 0.182. The van der Waals surface area contributed by atoms with Crippen LogP contribution in [-0.2, 0) is 10.0 Å². The van der Waals surface area contributed by atoms with E-state index in [1.54, 1.807) is 0 Å². The van der Waals surface area contributed by atoms with E-state index in [0.29, 0.717) is 25.3 Å². The van der Waals surface area contributed by atoms with E-state index < -0.39 is 10.0 Å². The molecule has 2 N–H and O–H groups in total. The van der Waals surface area contributed by atoms with E-state index in [-0.39, 0.29) is 15.8 Å². The van der Waals surface area contributed by atoms with Gasteiger partial charge < -0.3 is 10.6 Å². The summed E-state index contributed by atoms with van der Waals surface area (Å²) in [5.41, 5.74) is 6.01. The summed E-state index contributed by atoms with van der Waals surface area (Å²) in [7, 11) is 0.269. The maximum Gasteiger partial charge on any atom is 0.243 e. The molecule has 0 aliphatic rings. The van der Waals surface area contributed by atoms with Crippen LogP contribution in [0, 0.1) is 5.92 Å². The number of likely N-dealkylation sites (N-methyl/N-ethyl adjacent to an activating group) is 1. The second-order valence-electron chi connectivity index (χ2n) is 5.74. The molecule has 0 saturated heterocycles. The van der Waals surface area contributed by atoms with Crippen molar-refractivity contribution in [2.24, 2.45) is 5.92 Å². The van der Waals surface area contributed by atoms with E-state index in [2.05, 4.69) is 0 Å². The van der Waals surface area contributed by atoms with Crippen molar-refractivity contribution in [1.82, 2.24) is 9.21 Å². The van der Waals surface area contributed by atoms with Gasteiger partial charge in [0.15, 0.2) is 0 Å². The van der Waals surface area contributed by atoms with Crippen molar-refractivity contribution in [3.05, 3.63) is 23.2 Å². The highest BCUT2D eigenvalue weighted by molar-refractivity contribution is 7.89. The lowest BCUT2D eigenvalue weighted by Gasteiger charge is -2.25. The maximum absolute atomic E-state index is 12.8. The van der Waals surface area contributed by atoms with Crippen molar-refractivity contribution in [3.8, 4) is 0 Å². The van der Waals surface area contributed by atoms with E-state index in [1.807, 2.05) is 32.8 Å². The molecule has 7 heteroatoms. The summed E-state index contributed by atoms with van der Waals surface area (Å²) in [5.74, 6) is 0.242. The first-order valence-electron chi connectivity index (χ1n) is 6.84. The monoisotopic (exact) mass is 333 g/mol. The third kappa shape index (κ3) is 5.14. The van der Waals surface area contributed by atoms with Gasteiger partial charge in [0, 0.05) is 19.6 Å². The van der Waals surface area contributed by atoms with Gasteiger partial charge in [0.2, 0.25) is 10.0 Å². The summed E-state index contributed by atoms with van der Waals surface area (Å²) in [6, 6.07) is 4.43. The van der Waals surface area contributed by atoms with Crippen LogP contribution in [0.2, 0.25) is 5.02 Å². The molecule has 0 aliphatic carbocycles. The molecule has 0 atom stereocenters. The molecule has 0 radical (unpaired) electrons. The van der Waals surface area contributed by atoms with Gasteiger partial charge >= 0.3 is 0 Å². The second-order valence-corrected chi connectivity index (χ2v) is 8.09. The van der Waals surface area contributed by atoms with E-state index in [9.17, 15) is 8.42 Å². The largest absolute Gasteiger partial charge is 0.398 e. The first kappa shape index (κ1) is 18.2. The van der Waals surface area contributed by atoms with Gasteiger partial charge in [-0.05, 0) is 38.2 Å². The van der Waals surface area contributed by atoms with E-state index >= 15 is 0 Å². The minimum Gasteiger partial charge on any atom is -0.398 e. The molecule has 0 bridgehead atoms. The van der Waals surface area contributed by atoms with E-state index in [4.69, 9.17) is 17.3 Å². The van der Waals surface area contributed by atoms with Crippen LogP contribution in [0.1, 0.15) is 13.8 Å². The highest BCUT2D eigenvalue weighted by atomic mass is 35.5. The van der Waals surface area contributed by atoms with Crippen LogP contribution in [0.15, 0.2) is 23.1 Å². The predicted molar refractivity (Wildman–Crippen MR) is 88.0 cm³/mol. The van der Waals surface area contributed by atoms with Crippen molar-refractivity contribution in [3.63, 3.8) is 0 Å². The smallest absolute Gasteiger partial charge is 0.243 e. The highest BCUT2D eigenvalue weighted by Gasteiger charge is 2.25. The first-order chi connectivity index (χ1) is 9.64. The number of benzene rings is 1. The van der Waals surface area contributed by atoms with Crippen LogP contribution in [0.5, 0.6) is 0 Å². The zero-order valence-electron chi connectivity index (χ0n) is 13.0. The Hall–Kier alpha value is -0.820. The number of hydrogen-bond donors (Lipinski definition) is 1. The van der Waals surface area contributed by atoms with Gasteiger partial charge in [-0.15, -0.1) is 0 Å². The molecule has 120 valence electrons. The number of nitrogens with two attached hydrogens (primary N) is 1. The second kappa shape index (κ2) is 7.45. The molecule has 5 nitrogen and oxygen atoms in total. The van der Waals surface area contributed by atoms with Gasteiger partial charge in [0.25, 0.3) is 0 Å². The van der Waals surface area contributed by atoms with Gasteiger partial charge in [-0.2, -0.15) is 4.31 Å². The fraction of sp³-hybridized carbons (Fsp3) is 0.571. The fourth-order valence-electron chi connectivity index (χ4n) is 1.85. The average Bonchev–Trinajstić information content (AvgIpc) is 2.36. The molecule has 0 saturated carbocycles. The van der Waals surface area contributed by atoms with Crippen LogP contribution in [0.4, 0.5) is 5.69 Å². The molecule has 0 spiro atoms. The summed E-state index contributed by atoms with van der Waals surface area (Å²) >= 11 is 5.94. The normalized spacial score (nSPS) is 12.6.